The summed E-state index contributed by atoms with van der Waals surface area (Å²) in [7, 11) is 1.67. The Hall–Kier alpha value is -2.38. The highest BCUT2D eigenvalue weighted by Crippen LogP contribution is 2.20. The van der Waals surface area contributed by atoms with E-state index in [-0.39, 0.29) is 0 Å². The number of ether oxygens (including phenoxy) is 1. The van der Waals surface area contributed by atoms with Crippen LogP contribution in [0.1, 0.15) is 11.3 Å². The fourth-order valence-electron chi connectivity index (χ4n) is 1.61. The van der Waals surface area contributed by atoms with Crippen LogP contribution in [0.2, 0.25) is 0 Å². The van der Waals surface area contributed by atoms with Crippen LogP contribution in [0.15, 0.2) is 42.6 Å². The second-order valence-electron chi connectivity index (χ2n) is 3.76. The highest BCUT2D eigenvalue weighted by Gasteiger charge is 2.02. The van der Waals surface area contributed by atoms with Gasteiger partial charge in [0, 0.05) is 18.4 Å². The third-order valence-electron chi connectivity index (χ3n) is 2.47. The fourth-order valence-corrected chi connectivity index (χ4v) is 1.61. The second kappa shape index (κ2) is 5.80. The lowest BCUT2D eigenvalue weighted by Crippen LogP contribution is -1.97. The Bertz CT molecular complexity index is 558. The lowest BCUT2D eigenvalue weighted by Gasteiger charge is -2.11. The van der Waals surface area contributed by atoms with E-state index < -0.39 is 0 Å². The summed E-state index contributed by atoms with van der Waals surface area (Å²) in [6.07, 6.45) is 1.64. The van der Waals surface area contributed by atoms with Crippen LogP contribution in [-0.4, -0.2) is 12.1 Å². The van der Waals surface area contributed by atoms with Crippen molar-refractivity contribution in [1.82, 2.24) is 4.98 Å². The molecule has 0 saturated carbocycles. The number of rotatable bonds is 4. The maximum atomic E-state index is 8.68. The Kier molecular flexibility index (Phi) is 3.90. The zero-order valence-corrected chi connectivity index (χ0v) is 10.1. The molecule has 18 heavy (non-hydrogen) atoms. The topological polar surface area (TPSA) is 57.9 Å². The van der Waals surface area contributed by atoms with E-state index in [0.29, 0.717) is 12.3 Å². The summed E-state index contributed by atoms with van der Waals surface area (Å²) < 4.78 is 5.14. The van der Waals surface area contributed by atoms with Crippen LogP contribution in [0.25, 0.3) is 0 Å². The average Bonchev–Trinajstić information content (AvgIpc) is 2.42. The summed E-state index contributed by atoms with van der Waals surface area (Å²) in [5, 5.41) is 11.9. The number of nitrogens with one attached hydrogen (secondary N) is 1. The molecule has 0 saturated heterocycles. The van der Waals surface area contributed by atoms with Crippen molar-refractivity contribution < 1.29 is 4.74 Å². The van der Waals surface area contributed by atoms with Gasteiger partial charge in [0.1, 0.15) is 11.8 Å². The molecule has 1 N–H and O–H groups in total. The number of aromatic nitrogens is 1. The molecule has 0 atom stereocenters. The van der Waals surface area contributed by atoms with Crippen LogP contribution in [0, 0.1) is 11.3 Å². The molecule has 1 aromatic heterocycles. The van der Waals surface area contributed by atoms with Crippen LogP contribution >= 0.6 is 0 Å². The van der Waals surface area contributed by atoms with Gasteiger partial charge in [-0.2, -0.15) is 5.26 Å². The summed E-state index contributed by atoms with van der Waals surface area (Å²) in [6.45, 7) is 0.548. The van der Waals surface area contributed by atoms with E-state index in [4.69, 9.17) is 10.00 Å². The monoisotopic (exact) mass is 239 g/mol. The first-order chi connectivity index (χ1) is 8.83. The average molecular weight is 239 g/mol. The van der Waals surface area contributed by atoms with Gasteiger partial charge in [0.25, 0.3) is 0 Å². The molecule has 90 valence electrons. The van der Waals surface area contributed by atoms with E-state index in [0.717, 1.165) is 16.9 Å². The van der Waals surface area contributed by atoms with E-state index in [1.54, 1.807) is 19.4 Å². The zero-order valence-electron chi connectivity index (χ0n) is 10.1. The number of anilines is 2. The molecule has 0 aliphatic carbocycles. The van der Waals surface area contributed by atoms with Crippen molar-refractivity contribution in [3.8, 4) is 6.07 Å². The van der Waals surface area contributed by atoms with Gasteiger partial charge < -0.3 is 10.1 Å². The molecule has 0 radical (unpaired) electrons. The Morgan fingerprint density at radius 2 is 2.11 bits per heavy atom. The molecule has 0 aliphatic heterocycles. The molecule has 4 heteroatoms. The predicted octanol–water partition coefficient (Wildman–Crippen LogP) is 2.84. The summed E-state index contributed by atoms with van der Waals surface area (Å²) in [4.78, 5) is 4.01. The molecule has 0 bridgehead atoms. The lowest BCUT2D eigenvalue weighted by atomic mass is 10.2. The van der Waals surface area contributed by atoms with Gasteiger partial charge in [0.2, 0.25) is 0 Å². The van der Waals surface area contributed by atoms with E-state index in [2.05, 4.69) is 10.3 Å². The van der Waals surface area contributed by atoms with Crippen molar-refractivity contribution in [2.24, 2.45) is 0 Å². The minimum atomic E-state index is 0.408. The largest absolute Gasteiger partial charge is 0.380 e. The molecular formula is C14H13N3O. The summed E-state index contributed by atoms with van der Waals surface area (Å²) in [5.74, 6) is 0. The van der Waals surface area contributed by atoms with E-state index in [9.17, 15) is 0 Å². The van der Waals surface area contributed by atoms with Crippen LogP contribution in [0.4, 0.5) is 11.4 Å². The van der Waals surface area contributed by atoms with Gasteiger partial charge >= 0.3 is 0 Å². The maximum absolute atomic E-state index is 8.68. The fraction of sp³-hybridized carbons (Fsp3) is 0.143. The SMILES string of the molecule is COCc1ccccc1Nc1ccc(C#N)nc1. The third-order valence-corrected chi connectivity index (χ3v) is 2.47. The zero-order chi connectivity index (χ0) is 12.8. The van der Waals surface area contributed by atoms with E-state index in [1.165, 1.54) is 0 Å². The Labute approximate surface area is 106 Å². The standard InChI is InChI=1S/C14H13N3O/c1-18-10-11-4-2-3-5-14(11)17-13-7-6-12(8-15)16-9-13/h2-7,9,17H,10H2,1H3. The van der Waals surface area contributed by atoms with Gasteiger partial charge in [-0.1, -0.05) is 18.2 Å². The normalized spacial score (nSPS) is 9.78. The molecule has 2 aromatic rings. The van der Waals surface area contributed by atoms with Gasteiger partial charge in [0.15, 0.2) is 0 Å². The van der Waals surface area contributed by atoms with Crippen molar-refractivity contribution in [3.05, 3.63) is 53.9 Å². The first-order valence-corrected chi connectivity index (χ1v) is 5.53. The van der Waals surface area contributed by atoms with Gasteiger partial charge in [-0.15, -0.1) is 0 Å². The summed E-state index contributed by atoms with van der Waals surface area (Å²) in [5.41, 5.74) is 3.30. The Morgan fingerprint density at radius 1 is 1.28 bits per heavy atom. The Balaban J connectivity index is 2.20. The first kappa shape index (κ1) is 12.1. The van der Waals surface area contributed by atoms with Crippen molar-refractivity contribution in [2.75, 3.05) is 12.4 Å². The van der Waals surface area contributed by atoms with Crippen LogP contribution in [0.3, 0.4) is 0 Å². The Morgan fingerprint density at radius 3 is 2.78 bits per heavy atom. The molecular weight excluding hydrogens is 226 g/mol. The van der Waals surface area contributed by atoms with Crippen molar-refractivity contribution in [1.29, 1.82) is 5.26 Å². The van der Waals surface area contributed by atoms with Gasteiger partial charge in [0.05, 0.1) is 18.5 Å². The molecule has 0 aliphatic rings. The highest BCUT2D eigenvalue weighted by atomic mass is 16.5. The number of nitrogens with zero attached hydrogens (tertiary/aromatic N) is 2. The van der Waals surface area contributed by atoms with E-state index >= 15 is 0 Å². The van der Waals surface area contributed by atoms with Crippen LogP contribution in [0.5, 0.6) is 0 Å². The van der Waals surface area contributed by atoms with Crippen molar-refractivity contribution in [3.63, 3.8) is 0 Å². The maximum Gasteiger partial charge on any atom is 0.140 e. The quantitative estimate of drug-likeness (QED) is 0.891. The number of nitriles is 1. The second-order valence-corrected chi connectivity index (χ2v) is 3.76. The van der Waals surface area contributed by atoms with Gasteiger partial charge in [-0.3, -0.25) is 0 Å². The van der Waals surface area contributed by atoms with Gasteiger partial charge in [-0.05, 0) is 18.2 Å². The lowest BCUT2D eigenvalue weighted by molar-refractivity contribution is 0.185. The van der Waals surface area contributed by atoms with Crippen LogP contribution < -0.4 is 5.32 Å². The molecule has 0 amide bonds. The number of pyridine rings is 1. The number of para-hydroxylation sites is 1. The minimum Gasteiger partial charge on any atom is -0.380 e. The molecule has 1 heterocycles. The molecule has 1 aromatic carbocycles. The van der Waals surface area contributed by atoms with Gasteiger partial charge in [-0.25, -0.2) is 4.98 Å². The molecule has 0 spiro atoms. The predicted molar refractivity (Wildman–Crippen MR) is 69.4 cm³/mol. The van der Waals surface area contributed by atoms with Crippen molar-refractivity contribution in [2.45, 2.75) is 6.61 Å². The highest BCUT2D eigenvalue weighted by molar-refractivity contribution is 5.62. The molecule has 2 rings (SSSR count). The number of benzene rings is 1. The molecule has 0 fully saturated rings. The number of hydrogen-bond acceptors (Lipinski definition) is 4. The smallest absolute Gasteiger partial charge is 0.140 e. The minimum absolute atomic E-state index is 0.408. The summed E-state index contributed by atoms with van der Waals surface area (Å²) in [6, 6.07) is 13.4. The third kappa shape index (κ3) is 2.84. The molecule has 4 nitrogen and oxygen atoms in total. The molecule has 0 unspecified atom stereocenters. The first-order valence-electron chi connectivity index (χ1n) is 5.53. The number of hydrogen-bond donors (Lipinski definition) is 1. The van der Waals surface area contributed by atoms with E-state index in [1.807, 2.05) is 36.4 Å². The number of methoxy groups -OCH3 is 1. The summed E-state index contributed by atoms with van der Waals surface area (Å²) >= 11 is 0. The van der Waals surface area contributed by atoms with Crippen LogP contribution in [-0.2, 0) is 11.3 Å². The van der Waals surface area contributed by atoms with Crippen molar-refractivity contribution >= 4 is 11.4 Å².